The maximum absolute atomic E-state index is 13.7. The maximum Gasteiger partial charge on any atom is 0.254 e. The zero-order valence-electron chi connectivity index (χ0n) is 28.3. The Labute approximate surface area is 278 Å². The largest absolute Gasteiger partial charge is 0.446 e. The summed E-state index contributed by atoms with van der Waals surface area (Å²) in [5.74, 6) is -0.00358. The summed E-state index contributed by atoms with van der Waals surface area (Å²) >= 11 is 0. The zero-order chi connectivity index (χ0) is 34.1. The highest BCUT2D eigenvalue weighted by molar-refractivity contribution is 6.00. The summed E-state index contributed by atoms with van der Waals surface area (Å²) in [4.78, 5) is 33.7. The number of allylic oxidation sites excluding steroid dienone is 2. The van der Waals surface area contributed by atoms with Crippen LogP contribution in [-0.2, 0) is 6.42 Å². The molecule has 2 heterocycles. The number of nitrogens with zero attached hydrogens (tertiary/aromatic N) is 2. The molecule has 0 aliphatic carbocycles. The fourth-order valence-electron chi connectivity index (χ4n) is 5.84. The Morgan fingerprint density at radius 3 is 2.53 bits per heavy atom. The van der Waals surface area contributed by atoms with Crippen LogP contribution in [0.25, 0.3) is 0 Å². The molecule has 2 amide bonds. The van der Waals surface area contributed by atoms with Crippen molar-refractivity contribution in [1.29, 1.82) is 0 Å². The molecule has 3 atom stereocenters. The van der Waals surface area contributed by atoms with E-state index in [1.165, 1.54) is 0 Å². The van der Waals surface area contributed by atoms with Crippen molar-refractivity contribution < 1.29 is 19.1 Å². The smallest absolute Gasteiger partial charge is 0.254 e. The van der Waals surface area contributed by atoms with Gasteiger partial charge in [-0.1, -0.05) is 69.8 Å². The third kappa shape index (κ3) is 9.53. The maximum atomic E-state index is 13.7. The van der Waals surface area contributed by atoms with Gasteiger partial charge in [0.25, 0.3) is 11.8 Å². The second kappa shape index (κ2) is 15.9. The predicted molar refractivity (Wildman–Crippen MR) is 186 cm³/mol. The molecule has 5 N–H and O–H groups in total. The van der Waals surface area contributed by atoms with E-state index in [4.69, 9.17) is 10.2 Å². The molecule has 1 aliphatic heterocycles. The first-order chi connectivity index (χ1) is 22.4. The number of carbonyl (C=O) groups excluding carboxylic acids is 2. The lowest BCUT2D eigenvalue weighted by atomic mass is 9.85. The molecule has 1 fully saturated rings. The predicted octanol–water partition coefficient (Wildman–Crippen LogP) is 5.56. The summed E-state index contributed by atoms with van der Waals surface area (Å²) in [5, 5.41) is 17.7. The lowest BCUT2D eigenvalue weighted by Crippen LogP contribution is -2.49. The van der Waals surface area contributed by atoms with Crippen molar-refractivity contribution in [1.82, 2.24) is 20.5 Å². The average molecular weight is 640 g/mol. The van der Waals surface area contributed by atoms with Gasteiger partial charge in [-0.3, -0.25) is 9.59 Å². The molecule has 4 rings (SSSR count). The number of hydrogen-bond acceptors (Lipinski definition) is 7. The van der Waals surface area contributed by atoms with Crippen LogP contribution in [0.1, 0.15) is 83.1 Å². The van der Waals surface area contributed by atoms with Gasteiger partial charge < -0.3 is 30.8 Å². The fourth-order valence-corrected chi connectivity index (χ4v) is 5.84. The quantitative estimate of drug-likeness (QED) is 0.180. The van der Waals surface area contributed by atoms with E-state index in [9.17, 15) is 14.7 Å². The number of nitrogens with two attached hydrogens (primary N) is 1. The summed E-state index contributed by atoms with van der Waals surface area (Å²) in [6.07, 6.45) is 8.09. The summed E-state index contributed by atoms with van der Waals surface area (Å²) < 4.78 is 5.63. The minimum Gasteiger partial charge on any atom is -0.446 e. The number of aliphatic hydroxyl groups is 1. The van der Waals surface area contributed by atoms with Gasteiger partial charge in [0.1, 0.15) is 12.3 Å². The van der Waals surface area contributed by atoms with Crippen LogP contribution in [0.5, 0.6) is 0 Å². The molecule has 1 saturated heterocycles. The Hall–Kier alpha value is -4.47. The average Bonchev–Trinajstić information content (AvgIpc) is 3.70. The molecule has 250 valence electrons. The Balaban J connectivity index is 1.49. The molecule has 2 aromatic carbocycles. The molecular formula is C38H49N5O4. The fraction of sp³-hybridized carbons (Fsp3) is 0.395. The molecule has 3 aromatic rings. The number of hydrogen-bond donors (Lipinski definition) is 4. The molecule has 1 aromatic heterocycles. The van der Waals surface area contributed by atoms with E-state index in [1.807, 2.05) is 56.3 Å². The number of amides is 2. The summed E-state index contributed by atoms with van der Waals surface area (Å²) in [6, 6.07) is 14.1. The molecule has 0 saturated carbocycles. The van der Waals surface area contributed by atoms with Gasteiger partial charge >= 0.3 is 0 Å². The van der Waals surface area contributed by atoms with Crippen LogP contribution in [0.15, 0.2) is 95.3 Å². The van der Waals surface area contributed by atoms with Crippen molar-refractivity contribution in [3.05, 3.63) is 125 Å². The highest BCUT2D eigenvalue weighted by atomic mass is 16.3. The third-order valence-electron chi connectivity index (χ3n) is 8.42. The molecule has 1 aliphatic rings. The molecule has 0 unspecified atom stereocenters. The van der Waals surface area contributed by atoms with Crippen molar-refractivity contribution >= 4 is 11.8 Å². The monoisotopic (exact) mass is 639 g/mol. The molecule has 0 spiro atoms. The van der Waals surface area contributed by atoms with Gasteiger partial charge in [-0.25, -0.2) is 4.98 Å². The number of nitrogens with one attached hydrogen (secondary N) is 2. The van der Waals surface area contributed by atoms with E-state index >= 15 is 0 Å². The van der Waals surface area contributed by atoms with Crippen molar-refractivity contribution in [2.24, 2.45) is 11.1 Å². The van der Waals surface area contributed by atoms with E-state index in [0.717, 1.165) is 40.8 Å². The van der Waals surface area contributed by atoms with Gasteiger partial charge in [0.05, 0.1) is 17.8 Å². The topological polar surface area (TPSA) is 134 Å². The van der Waals surface area contributed by atoms with Crippen LogP contribution < -0.4 is 16.4 Å². The Bertz CT molecular complexity index is 1600. The van der Waals surface area contributed by atoms with Crippen molar-refractivity contribution in [2.45, 2.75) is 72.1 Å². The Kier molecular flexibility index (Phi) is 12.0. The lowest BCUT2D eigenvalue weighted by Gasteiger charge is -2.26. The molecular weight excluding hydrogens is 590 g/mol. The highest BCUT2D eigenvalue weighted by Crippen LogP contribution is 2.33. The van der Waals surface area contributed by atoms with Crippen LogP contribution in [-0.4, -0.2) is 58.6 Å². The summed E-state index contributed by atoms with van der Waals surface area (Å²) in [7, 11) is 0. The van der Waals surface area contributed by atoms with Gasteiger partial charge in [0, 0.05) is 30.8 Å². The number of benzene rings is 2. The van der Waals surface area contributed by atoms with Crippen molar-refractivity contribution in [2.75, 3.05) is 19.6 Å². The minimum atomic E-state index is -0.913. The van der Waals surface area contributed by atoms with E-state index in [2.05, 4.69) is 43.0 Å². The van der Waals surface area contributed by atoms with E-state index < -0.39 is 12.1 Å². The van der Waals surface area contributed by atoms with Crippen LogP contribution in [0.3, 0.4) is 0 Å². The number of rotatable bonds is 13. The first-order valence-corrected chi connectivity index (χ1v) is 16.2. The highest BCUT2D eigenvalue weighted by Gasteiger charge is 2.34. The first-order valence-electron chi connectivity index (χ1n) is 16.2. The Morgan fingerprint density at radius 2 is 1.89 bits per heavy atom. The van der Waals surface area contributed by atoms with Crippen LogP contribution in [0.4, 0.5) is 0 Å². The number of carbonyl (C=O) groups is 2. The van der Waals surface area contributed by atoms with Gasteiger partial charge in [-0.05, 0) is 85.2 Å². The second-order valence-electron chi connectivity index (χ2n) is 13.3. The van der Waals surface area contributed by atoms with E-state index in [0.29, 0.717) is 36.5 Å². The van der Waals surface area contributed by atoms with Gasteiger partial charge in [-0.15, -0.1) is 0 Å². The number of oxazole rings is 1. The van der Waals surface area contributed by atoms with E-state index in [-0.39, 0.29) is 29.8 Å². The van der Waals surface area contributed by atoms with Crippen LogP contribution in [0, 0.1) is 19.3 Å². The van der Waals surface area contributed by atoms with Gasteiger partial charge in [0.2, 0.25) is 5.89 Å². The summed E-state index contributed by atoms with van der Waals surface area (Å²) in [6.45, 7) is 15.2. The van der Waals surface area contributed by atoms with Crippen molar-refractivity contribution in [3.8, 4) is 0 Å². The Morgan fingerprint density at radius 1 is 1.17 bits per heavy atom. The van der Waals surface area contributed by atoms with Crippen molar-refractivity contribution in [3.63, 3.8) is 0 Å². The zero-order valence-corrected chi connectivity index (χ0v) is 28.3. The molecule has 9 heteroatoms. The number of aliphatic hydroxyl groups excluding tert-OH is 1. The second-order valence-corrected chi connectivity index (χ2v) is 13.3. The van der Waals surface area contributed by atoms with E-state index in [1.54, 1.807) is 35.6 Å². The summed E-state index contributed by atoms with van der Waals surface area (Å²) in [5.41, 5.74) is 11.1. The normalized spacial score (nSPS) is 17.0. The minimum absolute atomic E-state index is 0.0905. The molecule has 0 radical (unpaired) electrons. The number of aromatic nitrogens is 1. The molecule has 0 bridgehead atoms. The van der Waals surface area contributed by atoms with Gasteiger partial charge in [-0.2, -0.15) is 0 Å². The standard InChI is InChI=1S/C38H49N5O4/c1-7-31(38(4,5)6)18-28(21-39)22-40-23-34(44)32(19-27-12-9-8-10-13-27)42-35(45)29-16-25(2)17-30(20-29)37(46)43-15-11-14-33(43)36-41-26(3)24-47-36/h7-10,12-13,16-18,20-21,24,32-34,40,44H,1,11,14-15,19,22-23,39H2,2-6H3,(H,42,45)/b28-21+,31-18+/t32-,33+,34+/m0/s1. The van der Waals surface area contributed by atoms with Crippen LogP contribution in [0.2, 0.25) is 0 Å². The third-order valence-corrected chi connectivity index (χ3v) is 8.42. The number of likely N-dealkylation sites (tertiary alicyclic amines) is 1. The first kappa shape index (κ1) is 35.4. The molecule has 47 heavy (non-hydrogen) atoms. The SMILES string of the molecule is C=C/C(=C\C(=C/N)CNC[C@@H](O)[C@H](Cc1ccccc1)NC(=O)c1cc(C)cc(C(=O)N2CCC[C@@H]2c2nc(C)co2)c1)C(C)(C)C. The number of aryl methyl sites for hydroxylation is 2. The molecule has 9 nitrogen and oxygen atoms in total. The lowest BCUT2D eigenvalue weighted by molar-refractivity contribution is 0.0715. The van der Waals surface area contributed by atoms with Crippen LogP contribution >= 0.6 is 0 Å². The van der Waals surface area contributed by atoms with Gasteiger partial charge in [0.15, 0.2) is 0 Å².